The highest BCUT2D eigenvalue weighted by atomic mass is 127. The minimum absolute atomic E-state index is 0.101. The number of aliphatic imine (C=N–C) groups is 1. The fourth-order valence-electron chi connectivity index (χ4n) is 1.46. The van der Waals surface area contributed by atoms with E-state index >= 15 is 0 Å². The molecular formula is C12H13IN3O2+. The van der Waals surface area contributed by atoms with Crippen molar-refractivity contribution in [2.75, 3.05) is 7.05 Å². The lowest BCUT2D eigenvalue weighted by Crippen LogP contribution is -2.00. The van der Waals surface area contributed by atoms with E-state index in [4.69, 9.17) is 6.57 Å². The number of nitrogens with zero attached hydrogens (tertiary/aromatic N) is 3. The molecule has 0 atom stereocenters. The molecule has 1 aromatic rings. The minimum Gasteiger partial charge on any atom is -0.297 e. The lowest BCUT2D eigenvalue weighted by atomic mass is 10.1. The van der Waals surface area contributed by atoms with Gasteiger partial charge < -0.3 is 0 Å². The molecule has 0 saturated heterocycles. The summed E-state index contributed by atoms with van der Waals surface area (Å²) in [7, 11) is 1.68. The third-order valence-electron chi connectivity index (χ3n) is 2.46. The van der Waals surface area contributed by atoms with Crippen molar-refractivity contribution in [2.45, 2.75) is 13.3 Å². The molecule has 1 rings (SSSR count). The van der Waals surface area contributed by atoms with Crippen LogP contribution in [-0.2, 0) is 6.42 Å². The summed E-state index contributed by atoms with van der Waals surface area (Å²) in [6, 6.07) is 3.19. The Morgan fingerprint density at radius 1 is 1.67 bits per heavy atom. The predicted molar refractivity (Wildman–Crippen MR) is 83.6 cm³/mol. The molecule has 0 spiro atoms. The van der Waals surface area contributed by atoms with Gasteiger partial charge >= 0.3 is 5.69 Å². The standard InChI is InChI=1S/C12H13IN3O2/c1-8(14-3)5-9-6-12(16(17)18)10(13-2)7-11(9)15-4/h4,6-7H,2,5H2,1,3H3/q+1. The Bertz CT molecular complexity index is 573. The van der Waals surface area contributed by atoms with Crippen LogP contribution in [-0.4, -0.2) is 22.2 Å². The first kappa shape index (κ1) is 14.4. The van der Waals surface area contributed by atoms with Gasteiger partial charge in [0.25, 0.3) is 12.3 Å². The summed E-state index contributed by atoms with van der Waals surface area (Å²) in [5.41, 5.74) is 2.26. The molecule has 0 amide bonds. The lowest BCUT2D eigenvalue weighted by molar-refractivity contribution is -0.385. The molecule has 0 bridgehead atoms. The summed E-state index contributed by atoms with van der Waals surface area (Å²) in [4.78, 5) is 18.3. The molecule has 0 aliphatic carbocycles. The molecule has 94 valence electrons. The van der Waals surface area contributed by atoms with E-state index in [0.717, 1.165) is 5.71 Å². The van der Waals surface area contributed by atoms with Gasteiger partial charge in [0, 0.05) is 31.3 Å². The van der Waals surface area contributed by atoms with Crippen molar-refractivity contribution >= 4 is 42.3 Å². The molecule has 0 unspecified atom stereocenters. The van der Waals surface area contributed by atoms with Gasteiger partial charge in [0.2, 0.25) is 0 Å². The van der Waals surface area contributed by atoms with E-state index in [1.165, 1.54) is 6.07 Å². The second kappa shape index (κ2) is 6.35. The summed E-state index contributed by atoms with van der Waals surface area (Å²) >= 11 is -0.644. The van der Waals surface area contributed by atoms with Crippen LogP contribution >= 0.6 is 20.7 Å². The number of nitro groups is 1. The van der Waals surface area contributed by atoms with E-state index in [9.17, 15) is 10.1 Å². The van der Waals surface area contributed by atoms with Gasteiger partial charge in [-0.3, -0.25) is 15.1 Å². The van der Waals surface area contributed by atoms with E-state index in [2.05, 4.69) is 14.4 Å². The molecular weight excluding hydrogens is 345 g/mol. The minimum atomic E-state index is -0.644. The van der Waals surface area contributed by atoms with E-state index < -0.39 is 20.7 Å². The first-order chi connectivity index (χ1) is 8.53. The number of hydrogen-bond donors (Lipinski definition) is 0. The number of halogens is 1. The summed E-state index contributed by atoms with van der Waals surface area (Å²) in [5, 5.41) is 11.0. The molecule has 18 heavy (non-hydrogen) atoms. The van der Waals surface area contributed by atoms with E-state index in [0.29, 0.717) is 21.2 Å². The van der Waals surface area contributed by atoms with Gasteiger partial charge in [0.05, 0.1) is 14.1 Å². The van der Waals surface area contributed by atoms with E-state index in [1.54, 1.807) is 13.1 Å². The molecule has 0 heterocycles. The molecule has 0 saturated carbocycles. The van der Waals surface area contributed by atoms with Gasteiger partial charge in [-0.1, -0.05) is 25.2 Å². The van der Waals surface area contributed by atoms with Crippen LogP contribution in [0.3, 0.4) is 0 Å². The van der Waals surface area contributed by atoms with Crippen LogP contribution in [0.15, 0.2) is 17.1 Å². The molecule has 6 heteroatoms. The maximum atomic E-state index is 11.0. The third-order valence-corrected chi connectivity index (χ3v) is 4.14. The first-order valence-corrected chi connectivity index (χ1v) is 7.66. The van der Waals surface area contributed by atoms with Crippen molar-refractivity contribution in [2.24, 2.45) is 4.99 Å². The SMILES string of the molecule is C#[N+]c1cc(I=C)c([N+](=O)[O-])cc1CC(C)=NC. The highest BCUT2D eigenvalue weighted by Gasteiger charge is 2.21. The zero-order valence-corrected chi connectivity index (χ0v) is 12.3. The smallest absolute Gasteiger partial charge is 0.297 e. The van der Waals surface area contributed by atoms with Crippen LogP contribution < -0.4 is 0 Å². The van der Waals surface area contributed by atoms with Gasteiger partial charge in [-0.15, -0.1) is 0 Å². The molecule has 0 aromatic heterocycles. The van der Waals surface area contributed by atoms with Crippen molar-refractivity contribution < 1.29 is 4.92 Å². The number of nitro benzene ring substituents is 1. The Hall–Kier alpha value is -1.62. The maximum absolute atomic E-state index is 11.0. The Morgan fingerprint density at radius 2 is 2.33 bits per heavy atom. The average molecular weight is 358 g/mol. The molecule has 0 radical (unpaired) electrons. The number of rotatable bonds is 4. The largest absolute Gasteiger partial charge is 0.344 e. The average Bonchev–Trinajstić information content (AvgIpc) is 2.37. The second-order valence-corrected chi connectivity index (χ2v) is 5.51. The van der Waals surface area contributed by atoms with Crippen molar-refractivity contribution in [1.82, 2.24) is 0 Å². The van der Waals surface area contributed by atoms with Crippen LogP contribution in [0, 0.1) is 20.3 Å². The fraction of sp³-hybridized carbons (Fsp3) is 0.250. The highest BCUT2D eigenvalue weighted by molar-refractivity contribution is 14.2. The molecule has 0 fully saturated rings. The first-order valence-electron chi connectivity index (χ1n) is 5.06. The summed E-state index contributed by atoms with van der Waals surface area (Å²) in [6.07, 6.45) is 0.503. The van der Waals surface area contributed by atoms with Crippen molar-refractivity contribution in [1.29, 1.82) is 0 Å². The molecule has 1 aromatic carbocycles. The van der Waals surface area contributed by atoms with Crippen LogP contribution in [0.4, 0.5) is 11.4 Å². The normalized spacial score (nSPS) is 11.1. The van der Waals surface area contributed by atoms with Crippen molar-refractivity contribution in [3.8, 4) is 6.57 Å². The van der Waals surface area contributed by atoms with Gasteiger partial charge in [0.15, 0.2) is 0 Å². The Labute approximate surface area is 115 Å². The van der Waals surface area contributed by atoms with Gasteiger partial charge in [-0.25, -0.2) is 0 Å². The molecule has 0 N–H and O–H groups in total. The molecule has 5 nitrogen and oxygen atoms in total. The van der Waals surface area contributed by atoms with E-state index in [1.807, 2.05) is 6.92 Å². The summed E-state index contributed by atoms with van der Waals surface area (Å²) < 4.78 is 4.42. The topological polar surface area (TPSA) is 59.9 Å². The Balaban J connectivity index is 3.42. The van der Waals surface area contributed by atoms with Crippen molar-refractivity contribution in [3.63, 3.8) is 0 Å². The van der Waals surface area contributed by atoms with Crippen LogP contribution in [0.2, 0.25) is 0 Å². The fourth-order valence-corrected chi connectivity index (χ4v) is 2.72. The summed E-state index contributed by atoms with van der Waals surface area (Å²) in [5.74, 6) is 0. The molecule has 0 aliphatic rings. The van der Waals surface area contributed by atoms with Crippen LogP contribution in [0.25, 0.3) is 4.85 Å². The highest BCUT2D eigenvalue weighted by Crippen LogP contribution is 2.32. The quantitative estimate of drug-likeness (QED) is 0.359. The van der Waals surface area contributed by atoms with Gasteiger partial charge in [0.1, 0.15) is 0 Å². The lowest BCUT2D eigenvalue weighted by Gasteiger charge is -2.01. The van der Waals surface area contributed by atoms with Gasteiger partial charge in [-0.05, 0) is 11.8 Å². The van der Waals surface area contributed by atoms with Gasteiger partial charge in [-0.2, -0.15) is 0 Å². The van der Waals surface area contributed by atoms with E-state index in [-0.39, 0.29) is 10.6 Å². The second-order valence-electron chi connectivity index (χ2n) is 3.59. The number of hydrogen-bond acceptors (Lipinski definition) is 3. The zero-order chi connectivity index (χ0) is 13.7. The monoisotopic (exact) mass is 358 g/mol. The zero-order valence-electron chi connectivity index (χ0n) is 10.2. The van der Waals surface area contributed by atoms with Crippen LogP contribution in [0.5, 0.6) is 0 Å². The van der Waals surface area contributed by atoms with Crippen LogP contribution in [0.1, 0.15) is 12.5 Å². The third kappa shape index (κ3) is 3.20. The number of benzene rings is 1. The van der Waals surface area contributed by atoms with Crippen molar-refractivity contribution in [3.05, 3.63) is 36.2 Å². The Morgan fingerprint density at radius 3 is 2.78 bits per heavy atom. The summed E-state index contributed by atoms with van der Waals surface area (Å²) in [6.45, 7) is 7.18. The predicted octanol–water partition coefficient (Wildman–Crippen LogP) is 3.39. The Kier molecular flexibility index (Phi) is 5.09. The maximum Gasteiger partial charge on any atom is 0.344 e. The molecule has 0 aliphatic heterocycles.